The third kappa shape index (κ3) is 14.5. The van der Waals surface area contributed by atoms with Crippen molar-refractivity contribution < 1.29 is 63.0 Å². The standard InChI is InChI=1S/C32H41N3O13S3/c1-22-18-26(32(38)39)10-11-29(22)34(13-6-15-49(40,41)42)23(2)8-5-9-24(3)35(14-7-16-50(43,44)45)30-20-27(19-28(21-36)25(30)4)31(37)33-12-17-51(46,47)48/h5,8-11,18-21H,6-7,12-17H2,1-4H3,(H4-,33,37,38,39,40,41,42,43,44,45,46,47,48)/p+1. The summed E-state index contributed by atoms with van der Waals surface area (Å²) in [6.45, 7) is 6.44. The molecule has 280 valence electrons. The van der Waals surface area contributed by atoms with Gasteiger partial charge in [-0.25, -0.2) is 4.79 Å². The molecule has 0 heterocycles. The number of hydrogen-bond donors (Lipinski definition) is 5. The number of aryl methyl sites for hydroxylation is 1. The molecule has 2 aromatic rings. The van der Waals surface area contributed by atoms with Gasteiger partial charge in [0.2, 0.25) is 5.69 Å². The molecular formula is C32H42N3O13S3+. The number of carbonyl (C=O) groups excluding carboxylic acids is 2. The molecule has 0 aliphatic rings. The summed E-state index contributed by atoms with van der Waals surface area (Å²) in [6.07, 6.45) is 5.46. The molecule has 2 rings (SSSR count). The molecule has 0 aromatic heterocycles. The van der Waals surface area contributed by atoms with E-state index in [0.29, 0.717) is 40.2 Å². The molecule has 19 heteroatoms. The Balaban J connectivity index is 2.63. The maximum absolute atomic E-state index is 12.9. The lowest BCUT2D eigenvalue weighted by Crippen LogP contribution is -2.29. The third-order valence-electron chi connectivity index (χ3n) is 7.57. The van der Waals surface area contributed by atoms with Crippen LogP contribution >= 0.6 is 0 Å². The van der Waals surface area contributed by atoms with Crippen molar-refractivity contribution in [2.45, 2.75) is 40.5 Å². The van der Waals surface area contributed by atoms with Crippen molar-refractivity contribution in [2.75, 3.05) is 41.8 Å². The average Bonchev–Trinajstić information content (AvgIpc) is 3.00. The molecule has 0 radical (unpaired) electrons. The van der Waals surface area contributed by atoms with E-state index in [-0.39, 0.29) is 42.6 Å². The quantitative estimate of drug-likeness (QED) is 0.0453. The smallest absolute Gasteiger partial charge is 0.335 e. The molecule has 0 atom stereocenters. The molecule has 51 heavy (non-hydrogen) atoms. The van der Waals surface area contributed by atoms with Crippen molar-refractivity contribution in [1.29, 1.82) is 0 Å². The first kappa shape index (κ1) is 42.9. The van der Waals surface area contributed by atoms with Crippen molar-refractivity contribution in [3.8, 4) is 0 Å². The Morgan fingerprint density at radius 3 is 2.02 bits per heavy atom. The highest BCUT2D eigenvalue weighted by Crippen LogP contribution is 2.27. The second-order valence-electron chi connectivity index (χ2n) is 11.6. The molecule has 0 spiro atoms. The summed E-state index contributed by atoms with van der Waals surface area (Å²) in [5.41, 5.74) is 3.19. The zero-order valence-corrected chi connectivity index (χ0v) is 30.9. The zero-order valence-electron chi connectivity index (χ0n) is 28.4. The van der Waals surface area contributed by atoms with E-state index in [1.165, 1.54) is 24.3 Å². The first-order valence-corrected chi connectivity index (χ1v) is 20.2. The average molecular weight is 773 g/mol. The monoisotopic (exact) mass is 772 g/mol. The van der Waals surface area contributed by atoms with Gasteiger partial charge in [-0.1, -0.05) is 6.08 Å². The van der Waals surface area contributed by atoms with Crippen molar-refractivity contribution >= 4 is 65.6 Å². The van der Waals surface area contributed by atoms with Gasteiger partial charge in [-0.15, -0.1) is 0 Å². The second kappa shape index (κ2) is 18.3. The zero-order chi connectivity index (χ0) is 38.7. The Morgan fingerprint density at radius 1 is 0.863 bits per heavy atom. The summed E-state index contributed by atoms with van der Waals surface area (Å²) in [4.78, 5) is 38.1. The Morgan fingerprint density at radius 2 is 1.47 bits per heavy atom. The number of amides is 1. The minimum absolute atomic E-state index is 0.00248. The largest absolute Gasteiger partial charge is 0.478 e. The summed E-state index contributed by atoms with van der Waals surface area (Å²) in [6, 6.07) is 7.19. The Labute approximate surface area is 297 Å². The van der Waals surface area contributed by atoms with Crippen LogP contribution in [0.3, 0.4) is 0 Å². The molecule has 0 aliphatic carbocycles. The van der Waals surface area contributed by atoms with E-state index >= 15 is 0 Å². The maximum atomic E-state index is 12.9. The number of benzene rings is 2. The molecule has 0 fully saturated rings. The number of nitrogens with one attached hydrogen (secondary N) is 1. The topological polar surface area (TPSA) is 253 Å². The van der Waals surface area contributed by atoms with E-state index < -0.39 is 66.0 Å². The van der Waals surface area contributed by atoms with Gasteiger partial charge in [-0.2, -0.15) is 29.8 Å². The number of aldehydes is 1. The van der Waals surface area contributed by atoms with Gasteiger partial charge in [-0.3, -0.25) is 23.2 Å². The molecule has 0 saturated heterocycles. The van der Waals surface area contributed by atoms with Gasteiger partial charge in [0.05, 0.1) is 22.8 Å². The van der Waals surface area contributed by atoms with Crippen LogP contribution in [-0.2, 0) is 30.4 Å². The molecule has 0 aliphatic heterocycles. The van der Waals surface area contributed by atoms with E-state index in [4.69, 9.17) is 4.55 Å². The van der Waals surface area contributed by atoms with Crippen LogP contribution in [-0.4, -0.2) is 109 Å². The Kier molecular flexibility index (Phi) is 15.4. The molecule has 0 bridgehead atoms. The molecule has 1 amide bonds. The fraction of sp³-hybridized carbons (Fsp3) is 0.375. The highest BCUT2D eigenvalue weighted by Gasteiger charge is 2.23. The summed E-state index contributed by atoms with van der Waals surface area (Å²) in [5.74, 6) is -3.70. The lowest BCUT2D eigenvalue weighted by Gasteiger charge is -2.27. The first-order valence-electron chi connectivity index (χ1n) is 15.3. The van der Waals surface area contributed by atoms with Crippen LogP contribution < -0.4 is 10.2 Å². The van der Waals surface area contributed by atoms with Gasteiger partial charge in [0.25, 0.3) is 36.3 Å². The molecule has 16 nitrogen and oxygen atoms in total. The number of rotatable bonds is 19. The van der Waals surface area contributed by atoms with Gasteiger partial charge in [0, 0.05) is 66.7 Å². The number of hydrogen-bond acceptors (Lipinski definition) is 10. The van der Waals surface area contributed by atoms with Crippen molar-refractivity contribution in [1.82, 2.24) is 5.32 Å². The number of nitrogens with zero attached hydrogens (tertiary/aromatic N) is 2. The first-order chi connectivity index (χ1) is 23.5. The van der Waals surface area contributed by atoms with Crippen LogP contribution in [0.25, 0.3) is 0 Å². The molecule has 2 aromatic carbocycles. The van der Waals surface area contributed by atoms with E-state index in [0.717, 1.165) is 0 Å². The van der Waals surface area contributed by atoms with Crippen LogP contribution in [0.15, 0.2) is 54.3 Å². The fourth-order valence-electron chi connectivity index (χ4n) is 5.03. The lowest BCUT2D eigenvalue weighted by molar-refractivity contribution is -0.440. The predicted octanol–water partition coefficient (Wildman–Crippen LogP) is 3.06. The Hall–Kier alpha value is -4.27. The number of anilines is 1. The third-order valence-corrected chi connectivity index (χ3v) is 9.90. The van der Waals surface area contributed by atoms with Gasteiger partial charge in [-0.05, 0) is 63.1 Å². The fourth-order valence-corrected chi connectivity index (χ4v) is 6.38. The van der Waals surface area contributed by atoms with E-state index in [9.17, 15) is 53.8 Å². The normalized spacial score (nSPS) is 13.2. The second-order valence-corrected chi connectivity index (χ2v) is 16.3. The summed E-state index contributed by atoms with van der Waals surface area (Å²) >= 11 is 0. The van der Waals surface area contributed by atoms with Gasteiger partial charge in [0.15, 0.2) is 12.0 Å². The van der Waals surface area contributed by atoms with Crippen LogP contribution in [0.5, 0.6) is 0 Å². The maximum Gasteiger partial charge on any atom is 0.335 e. The molecule has 5 N–H and O–H groups in total. The minimum Gasteiger partial charge on any atom is -0.478 e. The van der Waals surface area contributed by atoms with Gasteiger partial charge < -0.3 is 15.3 Å². The highest BCUT2D eigenvalue weighted by molar-refractivity contribution is 7.86. The Bertz CT molecular complexity index is 2070. The van der Waals surface area contributed by atoms with Crippen molar-refractivity contribution in [3.05, 3.63) is 82.1 Å². The minimum atomic E-state index is -4.35. The van der Waals surface area contributed by atoms with Gasteiger partial charge >= 0.3 is 5.97 Å². The van der Waals surface area contributed by atoms with Crippen LogP contribution in [0, 0.1) is 13.8 Å². The summed E-state index contributed by atoms with van der Waals surface area (Å²) < 4.78 is 97.1. The van der Waals surface area contributed by atoms with Crippen LogP contribution in [0.1, 0.15) is 68.9 Å². The van der Waals surface area contributed by atoms with Crippen LogP contribution in [0.2, 0.25) is 0 Å². The number of aromatic carboxylic acids is 1. The number of carbonyl (C=O) groups is 3. The van der Waals surface area contributed by atoms with Crippen LogP contribution in [0.4, 0.5) is 11.4 Å². The van der Waals surface area contributed by atoms with E-state index in [1.54, 1.807) is 61.5 Å². The number of allylic oxidation sites excluding steroid dienone is 4. The van der Waals surface area contributed by atoms with Gasteiger partial charge in [0.1, 0.15) is 6.54 Å². The van der Waals surface area contributed by atoms with Crippen molar-refractivity contribution in [2.24, 2.45) is 0 Å². The summed E-state index contributed by atoms with van der Waals surface area (Å²) in [7, 11) is -12.9. The van der Waals surface area contributed by atoms with E-state index in [2.05, 4.69) is 5.32 Å². The number of carboxylic acids is 1. The molecule has 0 saturated carbocycles. The highest BCUT2D eigenvalue weighted by atomic mass is 32.2. The predicted molar refractivity (Wildman–Crippen MR) is 191 cm³/mol. The summed E-state index contributed by atoms with van der Waals surface area (Å²) in [5, 5.41) is 11.7. The van der Waals surface area contributed by atoms with Crippen molar-refractivity contribution in [3.63, 3.8) is 0 Å². The van der Waals surface area contributed by atoms with E-state index in [1.807, 2.05) is 0 Å². The SMILES string of the molecule is C\C(=C/C=C/C(C)=[N+](\CCCS(=O)(=O)O)c1cc(C(=O)NCCS(=O)(=O)O)cc(C=O)c1C)N(CCCS(=O)(=O)O)c1ccc(C(=O)O)cc1C. The number of carboxylic acid groups (broad SMARTS) is 1. The lowest BCUT2D eigenvalue weighted by atomic mass is 10.0. The molecule has 0 unspecified atom stereocenters. The molecular weight excluding hydrogens is 731 g/mol.